The highest BCUT2D eigenvalue weighted by atomic mass is 35.5. The fourth-order valence-corrected chi connectivity index (χ4v) is 2.70. The Morgan fingerprint density at radius 1 is 1.38 bits per heavy atom. The lowest BCUT2D eigenvalue weighted by molar-refractivity contribution is 0.0949. The van der Waals surface area contributed by atoms with Crippen molar-refractivity contribution in [2.45, 2.75) is 19.3 Å². The molecule has 3 rings (SSSR count). The van der Waals surface area contributed by atoms with Gasteiger partial charge in [0, 0.05) is 16.8 Å². The van der Waals surface area contributed by atoms with Crippen molar-refractivity contribution in [3.05, 3.63) is 50.8 Å². The van der Waals surface area contributed by atoms with Crippen molar-refractivity contribution in [2.75, 3.05) is 0 Å². The third-order valence-corrected chi connectivity index (χ3v) is 4.21. The normalized spacial score (nSPS) is 13.6. The number of halogens is 2. The molecule has 1 heterocycles. The fraction of sp³-hybridized carbons (Fsp3) is 0.214. The van der Waals surface area contributed by atoms with Gasteiger partial charge in [-0.05, 0) is 25.3 Å². The van der Waals surface area contributed by atoms with Crippen LogP contribution in [-0.4, -0.2) is 22.3 Å². The molecule has 1 amide bonds. The van der Waals surface area contributed by atoms with Crippen molar-refractivity contribution in [3.63, 3.8) is 0 Å². The zero-order valence-electron chi connectivity index (χ0n) is 11.0. The topological polar surface area (TPSA) is 70.1 Å². The lowest BCUT2D eigenvalue weighted by atomic mass is 10.2. The van der Waals surface area contributed by atoms with E-state index in [0.29, 0.717) is 21.3 Å². The van der Waals surface area contributed by atoms with E-state index in [1.165, 1.54) is 6.21 Å². The van der Waals surface area contributed by atoms with E-state index in [2.05, 4.69) is 20.7 Å². The van der Waals surface area contributed by atoms with E-state index in [0.717, 1.165) is 30.5 Å². The summed E-state index contributed by atoms with van der Waals surface area (Å²) in [4.78, 5) is 12.0. The minimum absolute atomic E-state index is 0.330. The van der Waals surface area contributed by atoms with Gasteiger partial charge in [0.05, 0.1) is 16.3 Å². The summed E-state index contributed by atoms with van der Waals surface area (Å²) in [5.74, 6) is -0.330. The zero-order valence-corrected chi connectivity index (χ0v) is 12.5. The fourth-order valence-electron chi connectivity index (χ4n) is 2.34. The molecule has 0 bridgehead atoms. The average molecular weight is 323 g/mol. The number of nitrogens with zero attached hydrogens (tertiary/aromatic N) is 2. The van der Waals surface area contributed by atoms with Crippen molar-refractivity contribution < 1.29 is 4.79 Å². The molecule has 7 heteroatoms. The van der Waals surface area contributed by atoms with Crippen molar-refractivity contribution in [3.8, 4) is 0 Å². The Hall–Kier alpha value is -1.85. The Morgan fingerprint density at radius 2 is 2.24 bits per heavy atom. The van der Waals surface area contributed by atoms with Gasteiger partial charge in [0.1, 0.15) is 0 Å². The first-order chi connectivity index (χ1) is 10.2. The molecule has 0 saturated heterocycles. The van der Waals surface area contributed by atoms with Crippen molar-refractivity contribution in [1.29, 1.82) is 0 Å². The molecule has 21 heavy (non-hydrogen) atoms. The molecular formula is C14H12Cl2N4O. The summed E-state index contributed by atoms with van der Waals surface area (Å²) in [5, 5.41) is 11.7. The molecule has 2 N–H and O–H groups in total. The van der Waals surface area contributed by atoms with Crippen LogP contribution in [0, 0.1) is 0 Å². The van der Waals surface area contributed by atoms with Gasteiger partial charge < -0.3 is 0 Å². The predicted molar refractivity (Wildman–Crippen MR) is 82.1 cm³/mol. The van der Waals surface area contributed by atoms with Crippen LogP contribution >= 0.6 is 23.2 Å². The number of hydrogen-bond donors (Lipinski definition) is 2. The van der Waals surface area contributed by atoms with Gasteiger partial charge in [-0.2, -0.15) is 10.2 Å². The summed E-state index contributed by atoms with van der Waals surface area (Å²) in [6.07, 6.45) is 4.32. The van der Waals surface area contributed by atoms with Crippen molar-refractivity contribution in [1.82, 2.24) is 15.6 Å². The van der Waals surface area contributed by atoms with Crippen LogP contribution in [0.3, 0.4) is 0 Å². The molecule has 2 aromatic rings. The van der Waals surface area contributed by atoms with Gasteiger partial charge in [-0.15, -0.1) is 0 Å². The highest BCUT2D eigenvalue weighted by molar-refractivity contribution is 6.43. The van der Waals surface area contributed by atoms with E-state index >= 15 is 0 Å². The maximum absolute atomic E-state index is 12.0. The number of fused-ring (bicyclic) bond motifs is 1. The number of aromatic nitrogens is 2. The van der Waals surface area contributed by atoms with Crippen LogP contribution < -0.4 is 5.43 Å². The maximum atomic E-state index is 12.0. The van der Waals surface area contributed by atoms with E-state index in [1.807, 2.05) is 0 Å². The molecule has 1 aliphatic carbocycles. The Balaban J connectivity index is 1.71. The van der Waals surface area contributed by atoms with Crippen LogP contribution in [-0.2, 0) is 12.8 Å². The molecule has 0 atom stereocenters. The van der Waals surface area contributed by atoms with Crippen LogP contribution in [0.5, 0.6) is 0 Å². The second kappa shape index (κ2) is 5.87. The lowest BCUT2D eigenvalue weighted by Crippen LogP contribution is -2.19. The van der Waals surface area contributed by atoms with Gasteiger partial charge in [-0.1, -0.05) is 35.3 Å². The maximum Gasteiger partial charge on any atom is 0.292 e. The number of carbonyl (C=O) groups excluding carboxylic acids is 1. The molecule has 0 unspecified atom stereocenters. The largest absolute Gasteiger partial charge is 0.292 e. The van der Waals surface area contributed by atoms with Gasteiger partial charge in [-0.3, -0.25) is 9.89 Å². The van der Waals surface area contributed by atoms with Crippen LogP contribution in [0.25, 0.3) is 0 Å². The van der Waals surface area contributed by atoms with Gasteiger partial charge in [-0.25, -0.2) is 5.43 Å². The number of hydrazone groups is 1. The molecule has 0 aliphatic heterocycles. The number of rotatable bonds is 3. The van der Waals surface area contributed by atoms with E-state index in [9.17, 15) is 4.79 Å². The number of nitrogens with one attached hydrogen (secondary N) is 2. The smallest absolute Gasteiger partial charge is 0.281 e. The number of hydrogen-bond acceptors (Lipinski definition) is 3. The Kier molecular flexibility index (Phi) is 3.94. The first-order valence-corrected chi connectivity index (χ1v) is 7.26. The summed E-state index contributed by atoms with van der Waals surface area (Å²) in [6, 6.07) is 5.21. The molecular weight excluding hydrogens is 311 g/mol. The van der Waals surface area contributed by atoms with Gasteiger partial charge in [0.25, 0.3) is 5.91 Å². The van der Waals surface area contributed by atoms with Crippen LogP contribution in [0.15, 0.2) is 23.3 Å². The van der Waals surface area contributed by atoms with E-state index in [1.54, 1.807) is 18.2 Å². The Bertz CT molecular complexity index is 724. The molecule has 0 saturated carbocycles. The third kappa shape index (κ3) is 2.80. The van der Waals surface area contributed by atoms with Gasteiger partial charge >= 0.3 is 0 Å². The summed E-state index contributed by atoms with van der Waals surface area (Å²) in [5.41, 5.74) is 5.54. The second-order valence-electron chi connectivity index (χ2n) is 4.73. The number of H-pyrrole nitrogens is 1. The van der Waals surface area contributed by atoms with E-state index in [4.69, 9.17) is 23.2 Å². The summed E-state index contributed by atoms with van der Waals surface area (Å²) >= 11 is 11.9. The summed E-state index contributed by atoms with van der Waals surface area (Å²) in [7, 11) is 0. The van der Waals surface area contributed by atoms with Gasteiger partial charge in [0.15, 0.2) is 5.69 Å². The first kappa shape index (κ1) is 14.1. The average Bonchev–Trinajstić information content (AvgIpc) is 3.06. The summed E-state index contributed by atoms with van der Waals surface area (Å²) in [6.45, 7) is 0. The summed E-state index contributed by atoms with van der Waals surface area (Å²) < 4.78 is 0. The molecule has 1 aromatic carbocycles. The molecule has 0 spiro atoms. The molecule has 1 aromatic heterocycles. The van der Waals surface area contributed by atoms with Crippen LogP contribution in [0.1, 0.15) is 33.7 Å². The number of aryl methyl sites for hydroxylation is 1. The van der Waals surface area contributed by atoms with Crippen LogP contribution in [0.4, 0.5) is 0 Å². The number of aromatic amines is 1. The van der Waals surface area contributed by atoms with Crippen molar-refractivity contribution in [2.24, 2.45) is 5.10 Å². The number of amides is 1. The number of carbonyl (C=O) groups is 1. The molecule has 108 valence electrons. The molecule has 5 nitrogen and oxygen atoms in total. The Labute approximate surface area is 131 Å². The highest BCUT2D eigenvalue weighted by Gasteiger charge is 2.22. The Morgan fingerprint density at radius 3 is 3.10 bits per heavy atom. The lowest BCUT2D eigenvalue weighted by Gasteiger charge is -2.00. The third-order valence-electron chi connectivity index (χ3n) is 3.37. The second-order valence-corrected chi connectivity index (χ2v) is 5.51. The quantitative estimate of drug-likeness (QED) is 0.673. The first-order valence-electron chi connectivity index (χ1n) is 6.50. The standard InChI is InChI=1S/C14H12Cl2N4O/c15-10-5-1-3-8(12(10)16)7-17-20-14(21)13-9-4-2-6-11(9)18-19-13/h1,3,5,7H,2,4,6H2,(H,18,19)(H,20,21). The van der Waals surface area contributed by atoms with E-state index < -0.39 is 0 Å². The highest BCUT2D eigenvalue weighted by Crippen LogP contribution is 2.24. The van der Waals surface area contributed by atoms with Gasteiger partial charge in [0.2, 0.25) is 0 Å². The minimum Gasteiger partial charge on any atom is -0.281 e. The zero-order chi connectivity index (χ0) is 14.8. The number of benzene rings is 1. The predicted octanol–water partition coefficient (Wildman–Crippen LogP) is 2.97. The molecule has 0 radical (unpaired) electrons. The van der Waals surface area contributed by atoms with Crippen molar-refractivity contribution >= 4 is 35.3 Å². The SMILES string of the molecule is O=C(NN=Cc1cccc(Cl)c1Cl)c1n[nH]c2c1CCC2. The molecule has 0 fully saturated rings. The minimum atomic E-state index is -0.330. The molecule has 1 aliphatic rings. The van der Waals surface area contributed by atoms with E-state index in [-0.39, 0.29) is 5.91 Å². The monoisotopic (exact) mass is 322 g/mol. The van der Waals surface area contributed by atoms with Crippen LogP contribution in [0.2, 0.25) is 10.0 Å².